The molecular weight excluding hydrogens is 824 g/mol. The number of unbranched alkanes of at least 4 members (excludes halogenated alkanes) is 5. The Kier molecular flexibility index (Phi) is 21.5. The lowest BCUT2D eigenvalue weighted by molar-refractivity contribution is -0.382. The molecule has 0 aliphatic carbocycles. The number of esters is 1. The lowest BCUT2D eigenvalue weighted by atomic mass is 9.88. The molecule has 24 nitrogen and oxygen atoms in total. The highest BCUT2D eigenvalue weighted by Gasteiger charge is 2.60. The quantitative estimate of drug-likeness (QED) is 0.0247. The van der Waals surface area contributed by atoms with Crippen LogP contribution in [-0.2, 0) is 52.3 Å². The van der Waals surface area contributed by atoms with Gasteiger partial charge in [-0.2, -0.15) is 0 Å². The first kappa shape index (κ1) is 52.2. The van der Waals surface area contributed by atoms with Gasteiger partial charge in [0.1, 0.15) is 73.7 Å². The Morgan fingerprint density at radius 1 is 0.852 bits per heavy atom. The molecule has 0 bridgehead atoms. The number of aliphatic carboxylic acids is 1. The van der Waals surface area contributed by atoms with E-state index < -0.39 is 142 Å². The monoisotopic (exact) mass is 886 g/mol. The number of ether oxygens (including phenoxy) is 8. The van der Waals surface area contributed by atoms with E-state index in [9.17, 15) is 70.2 Å². The van der Waals surface area contributed by atoms with Crippen LogP contribution in [0.3, 0.4) is 0 Å². The predicted octanol–water partition coefficient (Wildman–Crippen LogP) is -4.38. The summed E-state index contributed by atoms with van der Waals surface area (Å²) in [7, 11) is 1.33. The Morgan fingerprint density at radius 3 is 2.08 bits per heavy atom. The van der Waals surface area contributed by atoms with Crippen LogP contribution in [-0.4, -0.2) is 213 Å². The summed E-state index contributed by atoms with van der Waals surface area (Å²) in [6.07, 6.45) is -20.6. The molecule has 0 saturated carbocycles. The zero-order chi connectivity index (χ0) is 45.4. The minimum atomic E-state index is -3.07. The van der Waals surface area contributed by atoms with E-state index in [1.54, 1.807) is 0 Å². The summed E-state index contributed by atoms with van der Waals surface area (Å²) < 4.78 is 44.2. The van der Waals surface area contributed by atoms with Crippen LogP contribution in [0.1, 0.15) is 58.3 Å². The van der Waals surface area contributed by atoms with Crippen LogP contribution >= 0.6 is 0 Å². The van der Waals surface area contributed by atoms with E-state index in [-0.39, 0.29) is 19.2 Å². The van der Waals surface area contributed by atoms with Gasteiger partial charge in [-0.05, 0) is 12.8 Å². The highest BCUT2D eigenvalue weighted by Crippen LogP contribution is 2.38. The van der Waals surface area contributed by atoms with Crippen molar-refractivity contribution in [2.75, 3.05) is 40.1 Å². The molecule has 0 spiro atoms. The second kappa shape index (κ2) is 25.2. The SMILES string of the molecule is C=CCOC(=O)NC1C(O)[C@@H](OC2OC(CO)[C@@H](O)C(O[C@]3(C(=O)O)CC(O)[C@@H](NC(C)=O)C(C(O)C(O)CO)O3)C2O)C(CO)O[C@H]1OCCCCCCCCC(=O)OC. The fourth-order valence-corrected chi connectivity index (χ4v) is 7.15. The van der Waals surface area contributed by atoms with E-state index in [4.69, 9.17) is 33.2 Å². The Balaban J connectivity index is 1.83. The first-order valence-electron chi connectivity index (χ1n) is 19.9. The third kappa shape index (κ3) is 14.2. The van der Waals surface area contributed by atoms with Gasteiger partial charge < -0.3 is 99.6 Å². The van der Waals surface area contributed by atoms with Gasteiger partial charge in [0.25, 0.3) is 5.79 Å². The summed E-state index contributed by atoms with van der Waals surface area (Å²) in [6, 6.07) is -3.03. The lowest BCUT2D eigenvalue weighted by Gasteiger charge is -2.50. The molecule has 3 aliphatic rings. The first-order valence-corrected chi connectivity index (χ1v) is 19.9. The topological polar surface area (TPSA) is 368 Å². The summed E-state index contributed by atoms with van der Waals surface area (Å²) in [6.45, 7) is 1.46. The van der Waals surface area contributed by atoms with Crippen LogP contribution in [0.2, 0.25) is 0 Å². The van der Waals surface area contributed by atoms with Crippen molar-refractivity contribution in [3.63, 3.8) is 0 Å². The van der Waals surface area contributed by atoms with E-state index >= 15 is 0 Å². The fraction of sp³-hybridized carbons (Fsp3) is 0.838. The van der Waals surface area contributed by atoms with Gasteiger partial charge in [0, 0.05) is 26.4 Å². The summed E-state index contributed by atoms with van der Waals surface area (Å²) in [5.41, 5.74) is 0. The van der Waals surface area contributed by atoms with Gasteiger partial charge in [-0.1, -0.05) is 38.3 Å². The molecule has 11 unspecified atom stereocenters. The molecular formula is C37H62N2O22. The molecule has 12 N–H and O–H groups in total. The smallest absolute Gasteiger partial charge is 0.407 e. The number of hydrogen-bond acceptors (Lipinski definition) is 21. The van der Waals surface area contributed by atoms with Crippen molar-refractivity contribution >= 4 is 23.9 Å². The zero-order valence-corrected chi connectivity index (χ0v) is 34.0. The summed E-state index contributed by atoms with van der Waals surface area (Å²) in [4.78, 5) is 48.8. The number of nitrogens with one attached hydrogen (secondary N) is 2. The van der Waals surface area contributed by atoms with E-state index in [0.717, 1.165) is 32.6 Å². The van der Waals surface area contributed by atoms with Gasteiger partial charge in [0.15, 0.2) is 12.6 Å². The van der Waals surface area contributed by atoms with Crippen molar-refractivity contribution in [3.8, 4) is 0 Å². The zero-order valence-electron chi connectivity index (χ0n) is 34.0. The number of aliphatic hydroxyl groups is 9. The maximum Gasteiger partial charge on any atom is 0.407 e. The average Bonchev–Trinajstić information content (AvgIpc) is 3.23. The highest BCUT2D eigenvalue weighted by atomic mass is 16.8. The molecule has 24 heteroatoms. The van der Waals surface area contributed by atoms with E-state index in [2.05, 4.69) is 21.9 Å². The Hall–Kier alpha value is -3.18. The number of carboxylic acids is 1. The van der Waals surface area contributed by atoms with Crippen LogP contribution < -0.4 is 10.6 Å². The number of carbonyl (C=O) groups is 4. The van der Waals surface area contributed by atoms with Crippen molar-refractivity contribution in [1.29, 1.82) is 0 Å². The van der Waals surface area contributed by atoms with Gasteiger partial charge >= 0.3 is 18.0 Å². The number of aliphatic hydroxyl groups excluding tert-OH is 9. The maximum absolute atomic E-state index is 12.9. The van der Waals surface area contributed by atoms with Crippen LogP contribution in [0.15, 0.2) is 12.7 Å². The van der Waals surface area contributed by atoms with Crippen LogP contribution in [0.4, 0.5) is 4.79 Å². The Morgan fingerprint density at radius 2 is 1.49 bits per heavy atom. The number of alkyl carbamates (subject to hydrolysis) is 1. The maximum atomic E-state index is 12.9. The molecule has 0 aromatic rings. The second-order valence-corrected chi connectivity index (χ2v) is 14.9. The van der Waals surface area contributed by atoms with E-state index in [1.165, 1.54) is 13.2 Å². The fourth-order valence-electron chi connectivity index (χ4n) is 7.15. The van der Waals surface area contributed by atoms with E-state index in [0.29, 0.717) is 19.3 Å². The minimum Gasteiger partial charge on any atom is -0.477 e. The molecule has 0 aromatic heterocycles. The van der Waals surface area contributed by atoms with Crippen molar-refractivity contribution in [2.24, 2.45) is 0 Å². The standard InChI is InChI=1S/C37H62N2O22/c1-4-12-56-36(53)39-25-28(49)30(22(17-42)58-33(25)55-13-10-8-6-5-7-9-11-23(46)54-3)59-34-29(50)32(27(48)21(16-41)57-34)61-37(35(51)52)14-19(44)24(38-18(2)43)31(60-37)26(47)20(45)15-40/h4,19-22,24-34,40-42,44-45,47-50H,1,5-17H2,2-3H3,(H,38,43)(H,39,53)(H,51,52)/t19?,20?,21?,22?,24-,25?,26?,27-,28?,29?,30+,31?,32?,33-,34?,37+/m1/s1. The van der Waals surface area contributed by atoms with Crippen LogP contribution in [0, 0.1) is 0 Å². The number of methoxy groups -OCH3 is 1. The second-order valence-electron chi connectivity index (χ2n) is 14.9. The molecule has 16 atom stereocenters. The molecule has 3 fully saturated rings. The summed E-state index contributed by atoms with van der Waals surface area (Å²) in [5.74, 6) is -6.09. The molecule has 3 rings (SSSR count). The molecule has 3 saturated heterocycles. The molecule has 0 aromatic carbocycles. The predicted molar refractivity (Wildman–Crippen MR) is 201 cm³/mol. The van der Waals surface area contributed by atoms with Crippen LogP contribution in [0.5, 0.6) is 0 Å². The van der Waals surface area contributed by atoms with Crippen molar-refractivity contribution in [1.82, 2.24) is 10.6 Å². The normalized spacial score (nSPS) is 35.0. The Labute approximate surface area is 351 Å². The van der Waals surface area contributed by atoms with Crippen molar-refractivity contribution in [3.05, 3.63) is 12.7 Å². The van der Waals surface area contributed by atoms with Gasteiger partial charge in [0.05, 0.1) is 39.1 Å². The van der Waals surface area contributed by atoms with Crippen molar-refractivity contribution < 1.29 is 108 Å². The third-order valence-electron chi connectivity index (χ3n) is 10.4. The van der Waals surface area contributed by atoms with Gasteiger partial charge in [-0.15, -0.1) is 0 Å². The number of rotatable bonds is 24. The number of amides is 2. The third-order valence-corrected chi connectivity index (χ3v) is 10.4. The van der Waals surface area contributed by atoms with Gasteiger partial charge in [-0.3, -0.25) is 9.59 Å². The van der Waals surface area contributed by atoms with Gasteiger partial charge in [0.2, 0.25) is 5.91 Å². The number of carbonyl (C=O) groups excluding carboxylic acids is 3. The van der Waals surface area contributed by atoms with Crippen molar-refractivity contribution in [2.45, 2.75) is 156 Å². The van der Waals surface area contributed by atoms with Crippen LogP contribution in [0.25, 0.3) is 0 Å². The molecule has 0 radical (unpaired) electrons. The molecule has 61 heavy (non-hydrogen) atoms. The molecule has 352 valence electrons. The first-order chi connectivity index (χ1) is 29.0. The lowest BCUT2D eigenvalue weighted by Crippen LogP contribution is -2.71. The number of hydrogen-bond donors (Lipinski definition) is 12. The summed E-state index contributed by atoms with van der Waals surface area (Å²) >= 11 is 0. The largest absolute Gasteiger partial charge is 0.477 e. The molecule has 2 amide bonds. The highest BCUT2D eigenvalue weighted by molar-refractivity contribution is 5.76. The molecule has 3 aliphatic heterocycles. The average molecular weight is 887 g/mol. The summed E-state index contributed by atoms with van der Waals surface area (Å²) in [5, 5.41) is 111. The van der Waals surface area contributed by atoms with Gasteiger partial charge in [-0.25, -0.2) is 9.59 Å². The Bertz CT molecular complexity index is 1400. The molecule has 3 heterocycles. The minimum absolute atomic E-state index is 0.0765. The number of carboxylic acid groups (broad SMARTS) is 1. The van der Waals surface area contributed by atoms with E-state index in [1.807, 2.05) is 0 Å².